The standard InChI is InChI=1S/C17H14Cl2N2O2S2/c18-12-4-3-11(15(19)6-12)9-24-17-21-13(10-25-17)7-16(22)20-8-14-2-1-5-23-14/h1-6,10H,7-9H2,(H,20,22). The predicted octanol–water partition coefficient (Wildman–Crippen LogP) is 5.19. The molecule has 2 aromatic heterocycles. The van der Waals surface area contributed by atoms with Gasteiger partial charge in [0.05, 0.1) is 24.9 Å². The van der Waals surface area contributed by atoms with Crippen LogP contribution in [0.5, 0.6) is 0 Å². The molecule has 0 saturated heterocycles. The largest absolute Gasteiger partial charge is 0.467 e. The number of benzene rings is 1. The Morgan fingerprint density at radius 2 is 2.20 bits per heavy atom. The minimum atomic E-state index is -0.0843. The van der Waals surface area contributed by atoms with Crippen LogP contribution in [0.3, 0.4) is 0 Å². The summed E-state index contributed by atoms with van der Waals surface area (Å²) in [6, 6.07) is 9.07. The summed E-state index contributed by atoms with van der Waals surface area (Å²) in [6.07, 6.45) is 1.83. The van der Waals surface area contributed by atoms with Crippen LogP contribution in [0, 0.1) is 0 Å². The molecular weight excluding hydrogens is 399 g/mol. The highest BCUT2D eigenvalue weighted by molar-refractivity contribution is 8.00. The van der Waals surface area contributed by atoms with E-state index in [0.29, 0.717) is 22.3 Å². The number of nitrogens with zero attached hydrogens (tertiary/aromatic N) is 1. The van der Waals surface area contributed by atoms with Crippen molar-refractivity contribution in [3.8, 4) is 0 Å². The highest BCUT2D eigenvalue weighted by Gasteiger charge is 2.10. The Kier molecular flexibility index (Phi) is 6.42. The summed E-state index contributed by atoms with van der Waals surface area (Å²) in [7, 11) is 0. The number of rotatable bonds is 7. The van der Waals surface area contributed by atoms with Crippen molar-refractivity contribution in [3.05, 3.63) is 69.0 Å². The van der Waals surface area contributed by atoms with E-state index in [1.165, 1.54) is 11.3 Å². The Hall–Kier alpha value is -1.47. The number of nitrogens with one attached hydrogen (secondary N) is 1. The van der Waals surface area contributed by atoms with Crippen LogP contribution in [0.15, 0.2) is 50.7 Å². The van der Waals surface area contributed by atoms with Crippen molar-refractivity contribution in [2.75, 3.05) is 0 Å². The summed E-state index contributed by atoms with van der Waals surface area (Å²) in [5.74, 6) is 1.34. The molecule has 0 aliphatic rings. The van der Waals surface area contributed by atoms with E-state index in [1.807, 2.05) is 23.6 Å². The lowest BCUT2D eigenvalue weighted by molar-refractivity contribution is -0.120. The molecule has 0 fully saturated rings. The van der Waals surface area contributed by atoms with Gasteiger partial charge in [0.25, 0.3) is 0 Å². The average molecular weight is 413 g/mol. The number of aromatic nitrogens is 1. The smallest absolute Gasteiger partial charge is 0.226 e. The van der Waals surface area contributed by atoms with Gasteiger partial charge in [-0.15, -0.1) is 11.3 Å². The van der Waals surface area contributed by atoms with Gasteiger partial charge in [0.1, 0.15) is 10.1 Å². The topological polar surface area (TPSA) is 55.1 Å². The van der Waals surface area contributed by atoms with Gasteiger partial charge >= 0.3 is 0 Å². The molecule has 0 saturated carbocycles. The van der Waals surface area contributed by atoms with E-state index in [-0.39, 0.29) is 12.3 Å². The summed E-state index contributed by atoms with van der Waals surface area (Å²) < 4.78 is 6.08. The zero-order valence-electron chi connectivity index (χ0n) is 13.0. The molecule has 0 radical (unpaired) electrons. The molecule has 0 spiro atoms. The molecular formula is C17H14Cl2N2O2S2. The lowest BCUT2D eigenvalue weighted by Gasteiger charge is -2.03. The molecule has 0 atom stereocenters. The molecule has 2 heterocycles. The van der Waals surface area contributed by atoms with Crippen LogP contribution < -0.4 is 5.32 Å². The second kappa shape index (κ2) is 8.76. The van der Waals surface area contributed by atoms with Crippen LogP contribution in [0.25, 0.3) is 0 Å². The number of carbonyl (C=O) groups is 1. The normalized spacial score (nSPS) is 10.8. The third-order valence-corrected chi connectivity index (χ3v) is 5.98. The van der Waals surface area contributed by atoms with Gasteiger partial charge in [0.2, 0.25) is 5.91 Å². The van der Waals surface area contributed by atoms with E-state index >= 15 is 0 Å². The van der Waals surface area contributed by atoms with Gasteiger partial charge in [-0.3, -0.25) is 4.79 Å². The molecule has 0 unspecified atom stereocenters. The Labute approximate surface area is 163 Å². The Bertz CT molecular complexity index is 850. The van der Waals surface area contributed by atoms with Crippen LogP contribution >= 0.6 is 46.3 Å². The van der Waals surface area contributed by atoms with E-state index < -0.39 is 0 Å². The van der Waals surface area contributed by atoms with Crippen molar-refractivity contribution in [3.63, 3.8) is 0 Å². The van der Waals surface area contributed by atoms with E-state index in [2.05, 4.69) is 10.3 Å². The highest BCUT2D eigenvalue weighted by atomic mass is 35.5. The van der Waals surface area contributed by atoms with E-state index in [4.69, 9.17) is 27.6 Å². The van der Waals surface area contributed by atoms with Crippen LogP contribution in [0.1, 0.15) is 17.0 Å². The number of amides is 1. The quantitative estimate of drug-likeness (QED) is 0.542. The third-order valence-electron chi connectivity index (χ3n) is 3.28. The second-order valence-corrected chi connectivity index (χ2v) is 8.09. The maximum absolute atomic E-state index is 11.9. The van der Waals surface area contributed by atoms with Crippen molar-refractivity contribution < 1.29 is 9.21 Å². The van der Waals surface area contributed by atoms with Gasteiger partial charge in [-0.05, 0) is 29.8 Å². The second-order valence-electron chi connectivity index (χ2n) is 5.16. The van der Waals surface area contributed by atoms with Gasteiger partial charge in [0, 0.05) is 21.2 Å². The maximum atomic E-state index is 11.9. The van der Waals surface area contributed by atoms with Crippen LogP contribution in [-0.2, 0) is 23.5 Å². The molecule has 25 heavy (non-hydrogen) atoms. The first-order valence-electron chi connectivity index (χ1n) is 7.40. The fourth-order valence-electron chi connectivity index (χ4n) is 2.04. The SMILES string of the molecule is O=C(Cc1csc(SCc2ccc(Cl)cc2Cl)n1)NCc1ccco1. The molecule has 1 N–H and O–H groups in total. The van der Waals surface area contributed by atoms with E-state index in [1.54, 1.807) is 30.2 Å². The van der Waals surface area contributed by atoms with Crippen molar-refractivity contribution in [2.24, 2.45) is 0 Å². The molecule has 4 nitrogen and oxygen atoms in total. The Morgan fingerprint density at radius 1 is 1.32 bits per heavy atom. The lowest BCUT2D eigenvalue weighted by atomic mass is 10.2. The average Bonchev–Trinajstić information content (AvgIpc) is 3.24. The van der Waals surface area contributed by atoms with Crippen LogP contribution in [0.4, 0.5) is 0 Å². The fraction of sp³-hybridized carbons (Fsp3) is 0.176. The molecule has 3 aromatic rings. The number of halogens is 2. The van der Waals surface area contributed by atoms with Crippen LogP contribution in [0.2, 0.25) is 10.0 Å². The lowest BCUT2D eigenvalue weighted by Crippen LogP contribution is -2.24. The monoisotopic (exact) mass is 412 g/mol. The summed E-state index contributed by atoms with van der Waals surface area (Å²) in [6.45, 7) is 0.382. The summed E-state index contributed by atoms with van der Waals surface area (Å²) >= 11 is 15.2. The van der Waals surface area contributed by atoms with Crippen molar-refractivity contribution in [1.82, 2.24) is 10.3 Å². The minimum absolute atomic E-state index is 0.0843. The molecule has 1 amide bonds. The van der Waals surface area contributed by atoms with Gasteiger partial charge < -0.3 is 9.73 Å². The number of thioether (sulfide) groups is 1. The summed E-state index contributed by atoms with van der Waals surface area (Å²) in [5.41, 5.74) is 1.76. The van der Waals surface area contributed by atoms with Crippen molar-refractivity contribution in [2.45, 2.75) is 23.1 Å². The number of furan rings is 1. The molecule has 0 aliphatic heterocycles. The predicted molar refractivity (Wildman–Crippen MR) is 102 cm³/mol. The van der Waals surface area contributed by atoms with Crippen molar-refractivity contribution >= 4 is 52.2 Å². The Balaban J connectivity index is 1.49. The third kappa shape index (κ3) is 5.51. The van der Waals surface area contributed by atoms with Crippen molar-refractivity contribution in [1.29, 1.82) is 0 Å². The van der Waals surface area contributed by atoms with E-state index in [9.17, 15) is 4.79 Å². The number of hydrogen-bond acceptors (Lipinski definition) is 5. The van der Waals surface area contributed by atoms with Gasteiger partial charge in [-0.1, -0.05) is 41.0 Å². The molecule has 1 aromatic carbocycles. The first-order chi connectivity index (χ1) is 12.1. The molecule has 0 bridgehead atoms. The number of thiazole rings is 1. The van der Waals surface area contributed by atoms with Gasteiger partial charge in [-0.25, -0.2) is 4.98 Å². The number of carbonyl (C=O) groups excluding carboxylic acids is 1. The maximum Gasteiger partial charge on any atom is 0.226 e. The summed E-state index contributed by atoms with van der Waals surface area (Å²) in [4.78, 5) is 16.4. The highest BCUT2D eigenvalue weighted by Crippen LogP contribution is 2.30. The molecule has 8 heteroatoms. The van der Waals surface area contributed by atoms with Gasteiger partial charge in [0.15, 0.2) is 0 Å². The van der Waals surface area contributed by atoms with Gasteiger partial charge in [-0.2, -0.15) is 0 Å². The Morgan fingerprint density at radius 3 is 2.96 bits per heavy atom. The molecule has 0 aliphatic carbocycles. The molecule has 130 valence electrons. The van der Waals surface area contributed by atoms with Crippen LogP contribution in [-0.4, -0.2) is 10.9 Å². The fourth-order valence-corrected chi connectivity index (χ4v) is 4.44. The zero-order chi connectivity index (χ0) is 17.6. The minimum Gasteiger partial charge on any atom is -0.467 e. The first-order valence-corrected chi connectivity index (χ1v) is 10.0. The molecule has 3 rings (SSSR count). The summed E-state index contributed by atoms with van der Waals surface area (Å²) in [5, 5.41) is 5.98. The first kappa shape index (κ1) is 18.3. The van der Waals surface area contributed by atoms with E-state index in [0.717, 1.165) is 21.4 Å². The number of hydrogen-bond donors (Lipinski definition) is 1. The zero-order valence-corrected chi connectivity index (χ0v) is 16.1.